The third kappa shape index (κ3) is 4.76. The van der Waals surface area contributed by atoms with Crippen molar-refractivity contribution in [1.82, 2.24) is 15.2 Å². The van der Waals surface area contributed by atoms with Crippen LogP contribution in [0, 0.1) is 5.41 Å². The average Bonchev–Trinajstić information content (AvgIpc) is 3.53. The molecule has 38 heavy (non-hydrogen) atoms. The van der Waals surface area contributed by atoms with Crippen LogP contribution in [0.1, 0.15) is 63.6 Å². The number of aryl methyl sites for hydroxylation is 1. The molecule has 6 nitrogen and oxygen atoms in total. The van der Waals surface area contributed by atoms with Crippen LogP contribution in [0.25, 0.3) is 0 Å². The first-order valence-electron chi connectivity index (χ1n) is 13.2. The highest BCUT2D eigenvalue weighted by Crippen LogP contribution is 2.42. The molecule has 2 aromatic carbocycles. The summed E-state index contributed by atoms with van der Waals surface area (Å²) in [6.45, 7) is 3.60. The van der Waals surface area contributed by atoms with Gasteiger partial charge >= 0.3 is 0 Å². The number of anilines is 1. The number of benzene rings is 2. The monoisotopic (exact) mass is 548 g/mol. The van der Waals surface area contributed by atoms with Gasteiger partial charge in [0.15, 0.2) is 0 Å². The smallest absolute Gasteiger partial charge is 0.254 e. The fourth-order valence-electron chi connectivity index (χ4n) is 6.32. The first-order chi connectivity index (χ1) is 18.4. The van der Waals surface area contributed by atoms with Crippen LogP contribution in [0.4, 0.5) is 5.69 Å². The fourth-order valence-corrected chi connectivity index (χ4v) is 6.89. The quantitative estimate of drug-likeness (QED) is 0.438. The molecule has 1 aliphatic carbocycles. The van der Waals surface area contributed by atoms with Gasteiger partial charge in [-0.25, -0.2) is 0 Å². The average molecular weight is 550 g/mol. The second-order valence-electron chi connectivity index (χ2n) is 10.7. The van der Waals surface area contributed by atoms with Crippen LogP contribution >= 0.6 is 23.2 Å². The molecule has 1 spiro atoms. The number of carbonyl (C=O) groups is 2. The number of nitrogens with zero attached hydrogens (tertiary/aromatic N) is 3. The minimum absolute atomic E-state index is 0.0763. The van der Waals surface area contributed by atoms with Gasteiger partial charge in [-0.2, -0.15) is 0 Å². The van der Waals surface area contributed by atoms with Crippen LogP contribution < -0.4 is 10.2 Å². The molecule has 2 fully saturated rings. The lowest BCUT2D eigenvalue weighted by atomic mass is 9.77. The van der Waals surface area contributed by atoms with E-state index in [1.165, 1.54) is 11.3 Å². The highest BCUT2D eigenvalue weighted by molar-refractivity contribution is 6.39. The Morgan fingerprint density at radius 3 is 2.39 bits per heavy atom. The van der Waals surface area contributed by atoms with Gasteiger partial charge in [-0.1, -0.05) is 35.3 Å². The molecule has 0 radical (unpaired) electrons. The Morgan fingerprint density at radius 2 is 1.66 bits per heavy atom. The number of piperidine rings is 1. The highest BCUT2D eigenvalue weighted by atomic mass is 35.5. The third-order valence-electron chi connectivity index (χ3n) is 8.54. The zero-order valence-electron chi connectivity index (χ0n) is 21.1. The number of likely N-dealkylation sites (tertiary alicyclic amines) is 1. The number of hydrogen-bond donors (Lipinski definition) is 1. The van der Waals surface area contributed by atoms with Crippen molar-refractivity contribution in [2.24, 2.45) is 5.41 Å². The predicted octanol–water partition coefficient (Wildman–Crippen LogP) is 5.94. The van der Waals surface area contributed by atoms with Crippen LogP contribution in [0.5, 0.6) is 0 Å². The maximum absolute atomic E-state index is 13.6. The maximum Gasteiger partial charge on any atom is 0.254 e. The summed E-state index contributed by atoms with van der Waals surface area (Å²) in [7, 11) is 0. The van der Waals surface area contributed by atoms with E-state index in [0.29, 0.717) is 15.6 Å². The van der Waals surface area contributed by atoms with Crippen molar-refractivity contribution in [1.29, 1.82) is 0 Å². The number of pyridine rings is 1. The van der Waals surface area contributed by atoms with Crippen molar-refractivity contribution in [3.05, 3.63) is 93.2 Å². The zero-order valence-corrected chi connectivity index (χ0v) is 22.6. The molecule has 2 aliphatic heterocycles. The van der Waals surface area contributed by atoms with Gasteiger partial charge in [0, 0.05) is 49.8 Å². The van der Waals surface area contributed by atoms with Crippen molar-refractivity contribution < 1.29 is 9.59 Å². The van der Waals surface area contributed by atoms with Gasteiger partial charge in [0.05, 0.1) is 21.7 Å². The summed E-state index contributed by atoms with van der Waals surface area (Å²) in [5.41, 5.74) is 4.56. The van der Waals surface area contributed by atoms with Gasteiger partial charge in [0.1, 0.15) is 0 Å². The van der Waals surface area contributed by atoms with Crippen molar-refractivity contribution in [2.45, 2.75) is 38.1 Å². The summed E-state index contributed by atoms with van der Waals surface area (Å²) in [5.74, 6) is -0.220. The topological polar surface area (TPSA) is 65.5 Å². The molecular formula is C30H30Cl2N4O2. The van der Waals surface area contributed by atoms with Gasteiger partial charge < -0.3 is 15.1 Å². The van der Waals surface area contributed by atoms with Crippen molar-refractivity contribution >= 4 is 40.7 Å². The summed E-state index contributed by atoms with van der Waals surface area (Å²) < 4.78 is 0. The lowest BCUT2D eigenvalue weighted by molar-refractivity contribution is 0.0764. The van der Waals surface area contributed by atoms with E-state index in [2.05, 4.69) is 27.3 Å². The molecule has 2 saturated heterocycles. The second kappa shape index (κ2) is 10.2. The lowest BCUT2D eigenvalue weighted by Gasteiger charge is -2.40. The number of carbonyl (C=O) groups excluding carboxylic acids is 2. The van der Waals surface area contributed by atoms with Crippen molar-refractivity contribution in [3.63, 3.8) is 0 Å². The van der Waals surface area contributed by atoms with Gasteiger partial charge in [-0.15, -0.1) is 0 Å². The molecule has 196 valence electrons. The Kier molecular flexibility index (Phi) is 6.79. The Bertz CT molecular complexity index is 1350. The first kappa shape index (κ1) is 25.2. The second-order valence-corrected chi connectivity index (χ2v) is 11.6. The van der Waals surface area contributed by atoms with E-state index >= 15 is 0 Å². The number of halogens is 2. The molecule has 0 bridgehead atoms. The van der Waals surface area contributed by atoms with Crippen LogP contribution in [-0.4, -0.2) is 47.9 Å². The molecule has 8 heteroatoms. The van der Waals surface area contributed by atoms with E-state index in [1.807, 2.05) is 35.5 Å². The molecule has 1 N–H and O–H groups in total. The number of amides is 2. The van der Waals surface area contributed by atoms with Gasteiger partial charge in [-0.3, -0.25) is 14.6 Å². The molecule has 1 aromatic heterocycles. The van der Waals surface area contributed by atoms with Gasteiger partial charge in [0.25, 0.3) is 11.8 Å². The first-order valence-corrected chi connectivity index (χ1v) is 14.0. The van der Waals surface area contributed by atoms with Gasteiger partial charge in [-0.05, 0) is 85.0 Å². The minimum Gasteiger partial charge on any atom is -0.371 e. The van der Waals surface area contributed by atoms with E-state index in [4.69, 9.17) is 23.2 Å². The summed E-state index contributed by atoms with van der Waals surface area (Å²) in [6.07, 6.45) is 8.53. The summed E-state index contributed by atoms with van der Waals surface area (Å²) in [6, 6.07) is 14.9. The van der Waals surface area contributed by atoms with E-state index in [1.54, 1.807) is 18.2 Å². The SMILES string of the molecule is O=C(N[C@@H]1CCc2ccc(C(=O)N3CCC4(CCN(c5ccncc5)CC4)C3)cc21)c1c(Cl)cccc1Cl. The molecular weight excluding hydrogens is 519 g/mol. The van der Waals surface area contributed by atoms with E-state index in [-0.39, 0.29) is 28.8 Å². The molecule has 3 heterocycles. The van der Waals surface area contributed by atoms with E-state index in [0.717, 1.165) is 63.8 Å². The summed E-state index contributed by atoms with van der Waals surface area (Å²) >= 11 is 12.5. The number of rotatable bonds is 4. The van der Waals surface area contributed by atoms with Crippen LogP contribution in [-0.2, 0) is 6.42 Å². The summed E-state index contributed by atoms with van der Waals surface area (Å²) in [4.78, 5) is 35.2. The van der Waals surface area contributed by atoms with Crippen LogP contribution in [0.2, 0.25) is 10.0 Å². The van der Waals surface area contributed by atoms with Crippen molar-refractivity contribution in [3.8, 4) is 0 Å². The number of nitrogens with one attached hydrogen (secondary N) is 1. The lowest BCUT2D eigenvalue weighted by Crippen LogP contribution is -2.42. The number of aromatic nitrogens is 1. The highest BCUT2D eigenvalue weighted by Gasteiger charge is 2.42. The Balaban J connectivity index is 1.12. The number of hydrogen-bond acceptors (Lipinski definition) is 4. The molecule has 0 unspecified atom stereocenters. The van der Waals surface area contributed by atoms with E-state index < -0.39 is 0 Å². The van der Waals surface area contributed by atoms with Crippen LogP contribution in [0.3, 0.4) is 0 Å². The Labute approximate surface area is 232 Å². The molecule has 2 amide bonds. The van der Waals surface area contributed by atoms with Crippen LogP contribution in [0.15, 0.2) is 60.9 Å². The van der Waals surface area contributed by atoms with Gasteiger partial charge in [0.2, 0.25) is 0 Å². The maximum atomic E-state index is 13.6. The normalized spacial score (nSPS) is 20.0. The Morgan fingerprint density at radius 1 is 0.947 bits per heavy atom. The zero-order chi connectivity index (χ0) is 26.3. The molecule has 1 atom stereocenters. The molecule has 6 rings (SSSR count). The minimum atomic E-state index is -0.297. The standard InChI is InChI=1S/C30H30Cl2N4O2/c31-24-2-1-3-25(32)27(24)28(37)34-26-7-6-20-4-5-21(18-23(20)26)29(38)36-17-12-30(19-36)10-15-35(16-11-30)22-8-13-33-14-9-22/h1-5,8-9,13-14,18,26H,6-7,10-12,15-17,19H2,(H,34,37)/t26-/m1/s1. The van der Waals surface area contributed by atoms with Crippen molar-refractivity contribution in [2.75, 3.05) is 31.1 Å². The molecule has 3 aromatic rings. The largest absolute Gasteiger partial charge is 0.371 e. The fraction of sp³-hybridized carbons (Fsp3) is 0.367. The predicted molar refractivity (Wildman–Crippen MR) is 150 cm³/mol. The molecule has 0 saturated carbocycles. The Hall–Kier alpha value is -3.09. The third-order valence-corrected chi connectivity index (χ3v) is 9.17. The van der Waals surface area contributed by atoms with E-state index in [9.17, 15) is 9.59 Å². The molecule has 3 aliphatic rings. The number of fused-ring (bicyclic) bond motifs is 1. The summed E-state index contributed by atoms with van der Waals surface area (Å²) in [5, 5.41) is 3.74.